The van der Waals surface area contributed by atoms with E-state index >= 15 is 0 Å². The van der Waals surface area contributed by atoms with Crippen molar-refractivity contribution >= 4 is 35.7 Å². The maximum Gasteiger partial charge on any atom is 0.411 e. The highest BCUT2D eigenvalue weighted by Gasteiger charge is 2.39. The Hall–Kier alpha value is -4.74. The number of hydrogen-bond donors (Lipinski definition) is 0. The molecule has 2 heterocycles. The summed E-state index contributed by atoms with van der Waals surface area (Å²) in [5.41, 5.74) is 1.44. The standard InChI is InChI=1S/C38H48N2O10/c1-37(2,3)49-35(45)39-21-7-9-29(39)33(43)47-23-31(41)27-17-13-25(14-18-27)11-12-26-15-19-28(20-16-26)32(42)24-48-34(44)30-10-8-22-40(30)36(46)50-38(4,5)6/h13-20,29-30H,7-12,21-24H2,1-6H3. The van der Waals surface area contributed by atoms with Gasteiger partial charge in [0.25, 0.3) is 0 Å². The van der Waals surface area contributed by atoms with Crippen molar-refractivity contribution in [1.29, 1.82) is 0 Å². The summed E-state index contributed by atoms with van der Waals surface area (Å²) >= 11 is 0. The van der Waals surface area contributed by atoms with E-state index in [-0.39, 0.29) is 11.6 Å². The summed E-state index contributed by atoms with van der Waals surface area (Å²) in [6.45, 7) is 10.5. The van der Waals surface area contributed by atoms with Gasteiger partial charge in [0.2, 0.25) is 0 Å². The summed E-state index contributed by atoms with van der Waals surface area (Å²) < 4.78 is 21.4. The number of nitrogens with zero attached hydrogens (tertiary/aromatic N) is 2. The third-order valence-electron chi connectivity index (χ3n) is 8.25. The van der Waals surface area contributed by atoms with Crippen LogP contribution in [0.15, 0.2) is 48.5 Å². The summed E-state index contributed by atoms with van der Waals surface area (Å²) in [5, 5.41) is 0. The number of ether oxygens (including phenoxy) is 4. The lowest BCUT2D eigenvalue weighted by Gasteiger charge is -2.27. The number of amides is 2. The van der Waals surface area contributed by atoms with E-state index in [0.29, 0.717) is 62.7 Å². The van der Waals surface area contributed by atoms with Crippen LogP contribution in [0.2, 0.25) is 0 Å². The molecule has 2 aliphatic heterocycles. The van der Waals surface area contributed by atoms with Gasteiger partial charge in [-0.05, 0) is 91.2 Å². The van der Waals surface area contributed by atoms with Crippen molar-refractivity contribution in [3.05, 3.63) is 70.8 Å². The first-order chi connectivity index (χ1) is 23.5. The molecule has 12 heteroatoms. The Morgan fingerprint density at radius 2 is 0.920 bits per heavy atom. The summed E-state index contributed by atoms with van der Waals surface area (Å²) in [6.07, 6.45) is 2.42. The molecular formula is C38H48N2O10. The SMILES string of the molecule is CC(C)(C)OC(=O)N1CCCC1C(=O)OCC(=O)c1ccc(CCc2ccc(C(=O)COC(=O)C3CCCN3C(=O)OC(C)(C)C)cc2)cc1. The monoisotopic (exact) mass is 692 g/mol. The van der Waals surface area contributed by atoms with Gasteiger partial charge in [-0.3, -0.25) is 19.4 Å². The zero-order valence-corrected chi connectivity index (χ0v) is 29.8. The van der Waals surface area contributed by atoms with Crippen molar-refractivity contribution < 1.29 is 47.7 Å². The van der Waals surface area contributed by atoms with E-state index in [0.717, 1.165) is 11.1 Å². The Labute approximate surface area is 293 Å². The Kier molecular flexibility index (Phi) is 12.4. The summed E-state index contributed by atoms with van der Waals surface area (Å²) in [5.74, 6) is -1.94. The minimum absolute atomic E-state index is 0.346. The molecule has 0 saturated carbocycles. The molecule has 50 heavy (non-hydrogen) atoms. The summed E-state index contributed by atoms with van der Waals surface area (Å²) in [4.78, 5) is 78.5. The second-order valence-corrected chi connectivity index (χ2v) is 14.6. The van der Waals surface area contributed by atoms with Gasteiger partial charge in [0, 0.05) is 24.2 Å². The van der Waals surface area contributed by atoms with Crippen molar-refractivity contribution in [2.24, 2.45) is 0 Å². The Morgan fingerprint density at radius 3 is 1.24 bits per heavy atom. The van der Waals surface area contributed by atoms with E-state index in [4.69, 9.17) is 18.9 Å². The second-order valence-electron chi connectivity index (χ2n) is 14.6. The molecule has 0 radical (unpaired) electrons. The van der Waals surface area contributed by atoms with Crippen LogP contribution < -0.4 is 0 Å². The molecule has 0 spiro atoms. The van der Waals surface area contributed by atoms with Gasteiger partial charge in [-0.1, -0.05) is 48.5 Å². The average Bonchev–Trinajstić information content (AvgIpc) is 3.75. The first-order valence-electron chi connectivity index (χ1n) is 17.1. The molecule has 0 aliphatic carbocycles. The van der Waals surface area contributed by atoms with Crippen LogP contribution in [-0.4, -0.2) is 95.1 Å². The molecule has 12 nitrogen and oxygen atoms in total. The molecule has 0 aromatic heterocycles. The van der Waals surface area contributed by atoms with Crippen molar-refractivity contribution in [3.8, 4) is 0 Å². The van der Waals surface area contributed by atoms with E-state index in [1.807, 2.05) is 24.3 Å². The number of rotatable bonds is 11. The molecule has 2 atom stereocenters. The fraction of sp³-hybridized carbons (Fsp3) is 0.526. The minimum Gasteiger partial charge on any atom is -0.456 e. The Bertz CT molecular complexity index is 1440. The molecule has 4 rings (SSSR count). The van der Waals surface area contributed by atoms with Gasteiger partial charge in [-0.2, -0.15) is 0 Å². The van der Waals surface area contributed by atoms with Crippen LogP contribution in [0.3, 0.4) is 0 Å². The lowest BCUT2D eigenvalue weighted by atomic mass is 10.0. The molecular weight excluding hydrogens is 644 g/mol. The topological polar surface area (TPSA) is 146 Å². The van der Waals surface area contributed by atoms with Crippen LogP contribution in [0.4, 0.5) is 9.59 Å². The van der Waals surface area contributed by atoms with Crippen LogP contribution in [0.5, 0.6) is 0 Å². The molecule has 2 amide bonds. The fourth-order valence-corrected chi connectivity index (χ4v) is 5.74. The number of carbonyl (C=O) groups is 6. The predicted octanol–water partition coefficient (Wildman–Crippen LogP) is 5.72. The minimum atomic E-state index is -0.773. The van der Waals surface area contributed by atoms with Crippen molar-refractivity contribution in [3.63, 3.8) is 0 Å². The molecule has 2 saturated heterocycles. The number of carbonyl (C=O) groups excluding carboxylic acids is 6. The van der Waals surface area contributed by atoms with E-state index < -0.39 is 60.6 Å². The number of hydrogen-bond acceptors (Lipinski definition) is 10. The molecule has 2 aromatic carbocycles. The number of likely N-dealkylation sites (tertiary alicyclic amines) is 2. The van der Waals surface area contributed by atoms with E-state index in [1.165, 1.54) is 9.80 Å². The number of ketones is 2. The summed E-state index contributed by atoms with van der Waals surface area (Å²) in [6, 6.07) is 12.6. The van der Waals surface area contributed by atoms with E-state index in [2.05, 4.69) is 0 Å². The fourth-order valence-electron chi connectivity index (χ4n) is 5.74. The van der Waals surface area contributed by atoms with Gasteiger partial charge in [0.05, 0.1) is 0 Å². The second kappa shape index (κ2) is 16.3. The lowest BCUT2D eigenvalue weighted by molar-refractivity contribution is -0.148. The first kappa shape index (κ1) is 38.1. The smallest absolute Gasteiger partial charge is 0.411 e. The molecule has 2 aromatic rings. The van der Waals surface area contributed by atoms with Gasteiger partial charge in [-0.25, -0.2) is 19.2 Å². The van der Waals surface area contributed by atoms with Crippen LogP contribution in [0.1, 0.15) is 99.1 Å². The van der Waals surface area contributed by atoms with E-state index in [1.54, 1.807) is 65.8 Å². The third-order valence-corrected chi connectivity index (χ3v) is 8.25. The van der Waals surface area contributed by atoms with Crippen molar-refractivity contribution in [2.45, 2.75) is 103 Å². The quantitative estimate of drug-likeness (QED) is 0.163. The van der Waals surface area contributed by atoms with Crippen molar-refractivity contribution in [2.75, 3.05) is 26.3 Å². The molecule has 2 unspecified atom stereocenters. The lowest BCUT2D eigenvalue weighted by Crippen LogP contribution is -2.44. The zero-order chi connectivity index (χ0) is 36.6. The molecule has 2 fully saturated rings. The zero-order valence-electron chi connectivity index (χ0n) is 29.8. The maximum atomic E-state index is 12.7. The van der Waals surface area contributed by atoms with Crippen LogP contribution in [0, 0.1) is 0 Å². The van der Waals surface area contributed by atoms with Crippen LogP contribution in [0.25, 0.3) is 0 Å². The normalized spacial score (nSPS) is 17.6. The van der Waals surface area contributed by atoms with Crippen molar-refractivity contribution in [1.82, 2.24) is 9.80 Å². The first-order valence-corrected chi connectivity index (χ1v) is 17.1. The predicted molar refractivity (Wildman–Crippen MR) is 183 cm³/mol. The number of Topliss-reactive ketones (excluding diaryl/α,β-unsaturated/α-hetero) is 2. The van der Waals surface area contributed by atoms with Gasteiger partial charge in [0.15, 0.2) is 24.8 Å². The Balaban J connectivity index is 1.20. The largest absolute Gasteiger partial charge is 0.456 e. The van der Waals surface area contributed by atoms with Crippen LogP contribution >= 0.6 is 0 Å². The van der Waals surface area contributed by atoms with Gasteiger partial charge in [0.1, 0.15) is 23.3 Å². The highest BCUT2D eigenvalue weighted by atomic mass is 16.6. The molecule has 2 aliphatic rings. The number of aryl methyl sites for hydroxylation is 2. The van der Waals surface area contributed by atoms with Gasteiger partial charge in [-0.15, -0.1) is 0 Å². The van der Waals surface area contributed by atoms with Crippen LogP contribution in [-0.2, 0) is 41.4 Å². The maximum absolute atomic E-state index is 12.7. The van der Waals surface area contributed by atoms with Gasteiger partial charge < -0.3 is 18.9 Å². The van der Waals surface area contributed by atoms with Gasteiger partial charge >= 0.3 is 24.1 Å². The highest BCUT2D eigenvalue weighted by Crippen LogP contribution is 2.23. The van der Waals surface area contributed by atoms with E-state index in [9.17, 15) is 28.8 Å². The molecule has 0 bridgehead atoms. The summed E-state index contributed by atoms with van der Waals surface area (Å²) in [7, 11) is 0. The molecule has 270 valence electrons. The average molecular weight is 693 g/mol. The molecule has 0 N–H and O–H groups in total. The third kappa shape index (κ3) is 10.9. The number of benzene rings is 2. The number of esters is 2. The highest BCUT2D eigenvalue weighted by molar-refractivity contribution is 5.99. The Morgan fingerprint density at radius 1 is 0.580 bits per heavy atom.